The maximum atomic E-state index is 10.8. The number of hydrogen-bond acceptors (Lipinski definition) is 7. The van der Waals surface area contributed by atoms with Gasteiger partial charge in [-0.15, -0.1) is 10.2 Å². The summed E-state index contributed by atoms with van der Waals surface area (Å²) in [6.45, 7) is 1.87. The van der Waals surface area contributed by atoms with Crippen molar-refractivity contribution in [3.05, 3.63) is 75.1 Å². The Hall–Kier alpha value is -2.91. The standard InChI is InChI=1S/C18H14ClN5O3S/c1-11(27-15-8-4-13(19)5-9-15)17-20-21-18-23(17)22-16(10-28-18)12-2-6-14(7-3-12)24(25)26/h2-9,11H,10H2,1H3. The molecule has 1 aromatic heterocycles. The Morgan fingerprint density at radius 3 is 2.57 bits per heavy atom. The molecule has 8 nitrogen and oxygen atoms in total. The number of rotatable bonds is 5. The topological polar surface area (TPSA) is 95.4 Å². The Labute approximate surface area is 169 Å². The van der Waals surface area contributed by atoms with Crippen molar-refractivity contribution in [2.45, 2.75) is 18.2 Å². The molecule has 1 unspecified atom stereocenters. The van der Waals surface area contributed by atoms with Crippen molar-refractivity contribution in [1.29, 1.82) is 0 Å². The molecule has 0 spiro atoms. The van der Waals surface area contributed by atoms with Crippen LogP contribution in [-0.4, -0.2) is 31.3 Å². The molecule has 1 atom stereocenters. The number of thioether (sulfide) groups is 1. The van der Waals surface area contributed by atoms with Crippen LogP contribution in [0.5, 0.6) is 5.75 Å². The third kappa shape index (κ3) is 3.71. The van der Waals surface area contributed by atoms with Gasteiger partial charge in [0.15, 0.2) is 11.9 Å². The van der Waals surface area contributed by atoms with Crippen molar-refractivity contribution >= 4 is 34.8 Å². The van der Waals surface area contributed by atoms with Crippen LogP contribution in [0.2, 0.25) is 5.02 Å². The van der Waals surface area contributed by atoms with Gasteiger partial charge in [0.25, 0.3) is 5.69 Å². The van der Waals surface area contributed by atoms with E-state index in [9.17, 15) is 10.1 Å². The average molecular weight is 416 g/mol. The monoisotopic (exact) mass is 415 g/mol. The maximum Gasteiger partial charge on any atom is 0.269 e. The Kier molecular flexibility index (Phi) is 5.01. The highest BCUT2D eigenvalue weighted by Gasteiger charge is 2.24. The van der Waals surface area contributed by atoms with Crippen LogP contribution in [0.15, 0.2) is 58.8 Å². The van der Waals surface area contributed by atoms with Crippen LogP contribution in [-0.2, 0) is 0 Å². The minimum atomic E-state index is -0.424. The molecule has 0 saturated carbocycles. The van der Waals surface area contributed by atoms with Gasteiger partial charge in [0.05, 0.1) is 10.6 Å². The summed E-state index contributed by atoms with van der Waals surface area (Å²) in [6, 6.07) is 13.4. The molecule has 0 fully saturated rings. The number of ether oxygens (including phenoxy) is 1. The van der Waals surface area contributed by atoms with Crippen molar-refractivity contribution in [1.82, 2.24) is 14.9 Å². The van der Waals surface area contributed by atoms with Crippen LogP contribution in [0.4, 0.5) is 5.69 Å². The predicted molar refractivity (Wildman–Crippen MR) is 106 cm³/mol. The van der Waals surface area contributed by atoms with E-state index in [0.717, 1.165) is 11.3 Å². The number of benzene rings is 2. The fraction of sp³-hybridized carbons (Fsp3) is 0.167. The second-order valence-electron chi connectivity index (χ2n) is 6.01. The van der Waals surface area contributed by atoms with Gasteiger partial charge in [-0.05, 0) is 48.9 Å². The molecule has 10 heteroatoms. The van der Waals surface area contributed by atoms with Gasteiger partial charge in [0.1, 0.15) is 5.75 Å². The maximum absolute atomic E-state index is 10.8. The van der Waals surface area contributed by atoms with Gasteiger partial charge in [-0.25, -0.2) is 0 Å². The van der Waals surface area contributed by atoms with Gasteiger partial charge in [-0.1, -0.05) is 23.4 Å². The summed E-state index contributed by atoms with van der Waals surface area (Å²) in [5.74, 6) is 1.83. The summed E-state index contributed by atoms with van der Waals surface area (Å²) in [4.78, 5) is 10.4. The van der Waals surface area contributed by atoms with Crippen LogP contribution in [0.1, 0.15) is 24.4 Å². The molecule has 1 aliphatic heterocycles. The molecule has 0 saturated heterocycles. The fourth-order valence-corrected chi connectivity index (χ4v) is 3.65. The lowest BCUT2D eigenvalue weighted by Gasteiger charge is -2.17. The molecule has 0 N–H and O–H groups in total. The summed E-state index contributed by atoms with van der Waals surface area (Å²) in [5.41, 5.74) is 1.64. The Morgan fingerprint density at radius 2 is 1.89 bits per heavy atom. The first-order valence-electron chi connectivity index (χ1n) is 8.34. The third-order valence-electron chi connectivity index (χ3n) is 4.10. The predicted octanol–water partition coefficient (Wildman–Crippen LogP) is 4.34. The van der Waals surface area contributed by atoms with Crippen molar-refractivity contribution < 1.29 is 9.66 Å². The van der Waals surface area contributed by atoms with Crippen LogP contribution in [0, 0.1) is 10.1 Å². The van der Waals surface area contributed by atoms with Crippen molar-refractivity contribution in [2.24, 2.45) is 5.10 Å². The van der Waals surface area contributed by atoms with E-state index in [1.807, 2.05) is 6.92 Å². The Bertz CT molecular complexity index is 1050. The van der Waals surface area contributed by atoms with E-state index in [1.165, 1.54) is 23.9 Å². The first kappa shape index (κ1) is 18.5. The van der Waals surface area contributed by atoms with Crippen LogP contribution in [0.3, 0.4) is 0 Å². The highest BCUT2D eigenvalue weighted by Crippen LogP contribution is 2.29. The largest absolute Gasteiger partial charge is 0.483 e. The lowest BCUT2D eigenvalue weighted by atomic mass is 10.1. The number of hydrogen-bond donors (Lipinski definition) is 0. The molecule has 0 aliphatic carbocycles. The molecule has 0 bridgehead atoms. The number of nitro groups is 1. The van der Waals surface area contributed by atoms with Crippen molar-refractivity contribution in [2.75, 3.05) is 5.75 Å². The van der Waals surface area contributed by atoms with Gasteiger partial charge < -0.3 is 4.74 Å². The molecular weight excluding hydrogens is 402 g/mol. The summed E-state index contributed by atoms with van der Waals surface area (Å²) < 4.78 is 7.59. The first-order valence-corrected chi connectivity index (χ1v) is 9.70. The van der Waals surface area contributed by atoms with E-state index in [1.54, 1.807) is 41.1 Å². The second kappa shape index (κ2) is 7.61. The number of aromatic nitrogens is 3. The Balaban J connectivity index is 1.60. The number of non-ortho nitro benzene ring substituents is 1. The van der Waals surface area contributed by atoms with Gasteiger partial charge in [-0.2, -0.15) is 9.78 Å². The molecule has 28 heavy (non-hydrogen) atoms. The van der Waals surface area contributed by atoms with Crippen molar-refractivity contribution in [3.8, 4) is 5.75 Å². The SMILES string of the molecule is CC(Oc1ccc(Cl)cc1)c1nnc2n1N=C(c1ccc([N+](=O)[O-])cc1)CS2. The first-order chi connectivity index (χ1) is 13.5. The zero-order valence-electron chi connectivity index (χ0n) is 14.7. The van der Waals surface area contributed by atoms with E-state index < -0.39 is 4.92 Å². The Morgan fingerprint density at radius 1 is 1.18 bits per heavy atom. The summed E-state index contributed by atoms with van der Waals surface area (Å²) in [7, 11) is 0. The smallest absolute Gasteiger partial charge is 0.269 e. The van der Waals surface area contributed by atoms with Crippen LogP contribution in [0.25, 0.3) is 0 Å². The fourth-order valence-electron chi connectivity index (χ4n) is 2.68. The average Bonchev–Trinajstić information content (AvgIpc) is 3.13. The van der Waals surface area contributed by atoms with Gasteiger partial charge in [0.2, 0.25) is 5.16 Å². The number of halogens is 1. The van der Waals surface area contributed by atoms with E-state index >= 15 is 0 Å². The van der Waals surface area contributed by atoms with Crippen LogP contribution >= 0.6 is 23.4 Å². The molecular formula is C18H14ClN5O3S. The van der Waals surface area contributed by atoms with E-state index in [4.69, 9.17) is 16.3 Å². The third-order valence-corrected chi connectivity index (χ3v) is 5.28. The minimum absolute atomic E-state index is 0.0449. The van der Waals surface area contributed by atoms with E-state index in [-0.39, 0.29) is 11.8 Å². The lowest BCUT2D eigenvalue weighted by molar-refractivity contribution is -0.384. The minimum Gasteiger partial charge on any atom is -0.483 e. The lowest BCUT2D eigenvalue weighted by Crippen LogP contribution is -2.17. The van der Waals surface area contributed by atoms with Crippen LogP contribution < -0.4 is 4.74 Å². The zero-order valence-corrected chi connectivity index (χ0v) is 16.2. The zero-order chi connectivity index (χ0) is 19.7. The highest BCUT2D eigenvalue weighted by molar-refractivity contribution is 7.99. The summed E-state index contributed by atoms with van der Waals surface area (Å²) >= 11 is 7.40. The number of nitrogens with zero attached hydrogens (tertiary/aromatic N) is 5. The molecule has 0 radical (unpaired) electrons. The van der Waals surface area contributed by atoms with Gasteiger partial charge in [-0.3, -0.25) is 10.1 Å². The highest BCUT2D eigenvalue weighted by atomic mass is 35.5. The molecule has 1 aliphatic rings. The number of nitro benzene ring substituents is 1. The van der Waals surface area contributed by atoms with Crippen molar-refractivity contribution in [3.63, 3.8) is 0 Å². The molecule has 3 aromatic rings. The quantitative estimate of drug-likeness (QED) is 0.454. The normalized spacial score (nSPS) is 14.1. The molecule has 0 amide bonds. The molecule has 2 heterocycles. The van der Waals surface area contributed by atoms with Gasteiger partial charge in [0, 0.05) is 22.9 Å². The molecule has 4 rings (SSSR count). The second-order valence-corrected chi connectivity index (χ2v) is 7.38. The van der Waals surface area contributed by atoms with E-state index in [0.29, 0.717) is 27.5 Å². The van der Waals surface area contributed by atoms with E-state index in [2.05, 4.69) is 15.3 Å². The number of fused-ring (bicyclic) bond motifs is 1. The molecule has 2 aromatic carbocycles. The summed E-state index contributed by atoms with van der Waals surface area (Å²) in [5, 5.41) is 25.2. The summed E-state index contributed by atoms with van der Waals surface area (Å²) in [6.07, 6.45) is -0.386. The van der Waals surface area contributed by atoms with Gasteiger partial charge >= 0.3 is 0 Å². The molecule has 142 valence electrons.